The zero-order valence-electron chi connectivity index (χ0n) is 12.2. The lowest BCUT2D eigenvalue weighted by Crippen LogP contribution is -2.42. The molecular formula is C14H20N4O3. The zero-order chi connectivity index (χ0) is 15.6. The van der Waals surface area contributed by atoms with Crippen LogP contribution in [0.1, 0.15) is 30.6 Å². The summed E-state index contributed by atoms with van der Waals surface area (Å²) in [5, 5.41) is 11.0. The van der Waals surface area contributed by atoms with Crippen molar-refractivity contribution in [3.63, 3.8) is 0 Å². The molecule has 1 aromatic rings. The molecule has 2 rings (SSSR count). The fraction of sp³-hybridized carbons (Fsp3) is 0.500. The Balaban J connectivity index is 2.23. The molecule has 7 nitrogen and oxygen atoms in total. The molecule has 0 spiro atoms. The topological polar surface area (TPSA) is 102 Å². The highest BCUT2D eigenvalue weighted by Gasteiger charge is 2.27. The molecule has 1 fully saturated rings. The second kappa shape index (κ2) is 6.09. The number of hydrazine groups is 1. The largest absolute Gasteiger partial charge is 0.338 e. The minimum absolute atomic E-state index is 0.166. The number of nitro benzene ring substituents is 1. The first-order valence-electron chi connectivity index (χ1n) is 6.98. The number of carbonyl (C=O) groups excluding carboxylic acids is 1. The van der Waals surface area contributed by atoms with Crippen molar-refractivity contribution in [2.75, 3.05) is 18.5 Å². The Morgan fingerprint density at radius 1 is 1.43 bits per heavy atom. The van der Waals surface area contributed by atoms with Crippen LogP contribution in [0.15, 0.2) is 18.2 Å². The summed E-state index contributed by atoms with van der Waals surface area (Å²) in [4.78, 5) is 24.7. The molecule has 1 heterocycles. The number of nitro groups is 1. The van der Waals surface area contributed by atoms with E-state index in [0.717, 1.165) is 6.42 Å². The van der Waals surface area contributed by atoms with Gasteiger partial charge in [-0.2, -0.15) is 0 Å². The molecule has 2 unspecified atom stereocenters. The molecule has 0 bridgehead atoms. The molecule has 1 aliphatic rings. The number of rotatable bonds is 3. The first-order chi connectivity index (χ1) is 9.93. The highest BCUT2D eigenvalue weighted by Crippen LogP contribution is 2.27. The molecule has 1 aliphatic heterocycles. The van der Waals surface area contributed by atoms with Crippen molar-refractivity contribution >= 4 is 17.3 Å². The lowest BCUT2D eigenvalue weighted by molar-refractivity contribution is -0.384. The summed E-state index contributed by atoms with van der Waals surface area (Å²) in [7, 11) is 0. The van der Waals surface area contributed by atoms with E-state index in [9.17, 15) is 14.9 Å². The number of anilines is 1. The van der Waals surface area contributed by atoms with Crippen LogP contribution in [0.3, 0.4) is 0 Å². The highest BCUT2D eigenvalue weighted by atomic mass is 16.6. The van der Waals surface area contributed by atoms with Gasteiger partial charge < -0.3 is 10.3 Å². The van der Waals surface area contributed by atoms with Crippen molar-refractivity contribution < 1.29 is 9.72 Å². The van der Waals surface area contributed by atoms with Gasteiger partial charge in [0.15, 0.2) is 0 Å². The minimum Gasteiger partial charge on any atom is -0.338 e. The first-order valence-corrected chi connectivity index (χ1v) is 6.98. The van der Waals surface area contributed by atoms with Gasteiger partial charge in [-0.25, -0.2) is 0 Å². The molecule has 1 aromatic carbocycles. The van der Waals surface area contributed by atoms with Gasteiger partial charge in [-0.15, -0.1) is 0 Å². The Bertz CT molecular complexity index is 561. The Labute approximate surface area is 123 Å². The molecule has 0 aromatic heterocycles. The molecule has 1 saturated heterocycles. The van der Waals surface area contributed by atoms with E-state index < -0.39 is 4.92 Å². The number of likely N-dealkylation sites (tertiary alicyclic amines) is 1. The van der Waals surface area contributed by atoms with Crippen LogP contribution in [0.2, 0.25) is 0 Å². The van der Waals surface area contributed by atoms with Crippen molar-refractivity contribution in [3.8, 4) is 0 Å². The molecule has 0 radical (unpaired) electrons. The molecule has 3 N–H and O–H groups in total. The van der Waals surface area contributed by atoms with Gasteiger partial charge in [0, 0.05) is 24.7 Å². The van der Waals surface area contributed by atoms with Gasteiger partial charge in [-0.05, 0) is 30.4 Å². The van der Waals surface area contributed by atoms with Gasteiger partial charge >= 0.3 is 0 Å². The number of carbonyl (C=O) groups is 1. The number of nitrogen functional groups attached to an aromatic ring is 1. The summed E-state index contributed by atoms with van der Waals surface area (Å²) in [5.74, 6) is 6.10. The second-order valence-electron chi connectivity index (χ2n) is 5.63. The van der Waals surface area contributed by atoms with Crippen molar-refractivity contribution in [2.45, 2.75) is 20.3 Å². The van der Waals surface area contributed by atoms with Gasteiger partial charge in [-0.1, -0.05) is 13.8 Å². The second-order valence-corrected chi connectivity index (χ2v) is 5.63. The van der Waals surface area contributed by atoms with Crippen molar-refractivity contribution in [1.82, 2.24) is 4.90 Å². The summed E-state index contributed by atoms with van der Waals surface area (Å²) in [5.41, 5.74) is 2.59. The Hall–Kier alpha value is -2.15. The van der Waals surface area contributed by atoms with E-state index in [-0.39, 0.29) is 17.3 Å². The average Bonchev–Trinajstić information content (AvgIpc) is 2.48. The number of piperidine rings is 1. The third-order valence-corrected chi connectivity index (χ3v) is 4.22. The third kappa shape index (κ3) is 3.13. The lowest BCUT2D eigenvalue weighted by atomic mass is 9.88. The van der Waals surface area contributed by atoms with E-state index in [2.05, 4.69) is 19.3 Å². The normalized spacial score (nSPS) is 22.0. The monoisotopic (exact) mass is 292 g/mol. The zero-order valence-corrected chi connectivity index (χ0v) is 12.2. The van der Waals surface area contributed by atoms with Crippen LogP contribution >= 0.6 is 0 Å². The van der Waals surface area contributed by atoms with Crippen LogP contribution in [-0.2, 0) is 0 Å². The van der Waals surface area contributed by atoms with E-state index in [1.807, 2.05) is 0 Å². The van der Waals surface area contributed by atoms with Gasteiger partial charge in [0.25, 0.3) is 11.6 Å². The van der Waals surface area contributed by atoms with Crippen LogP contribution in [0.25, 0.3) is 0 Å². The molecule has 21 heavy (non-hydrogen) atoms. The summed E-state index contributed by atoms with van der Waals surface area (Å²) < 4.78 is 0. The molecule has 7 heteroatoms. The number of hydrogen-bond donors (Lipinski definition) is 2. The van der Waals surface area contributed by atoms with Crippen LogP contribution in [-0.4, -0.2) is 28.8 Å². The van der Waals surface area contributed by atoms with E-state index in [4.69, 9.17) is 5.84 Å². The lowest BCUT2D eigenvalue weighted by Gasteiger charge is -2.35. The summed E-state index contributed by atoms with van der Waals surface area (Å²) in [6.45, 7) is 5.67. The predicted molar refractivity (Wildman–Crippen MR) is 79.8 cm³/mol. The first kappa shape index (κ1) is 15.2. The minimum atomic E-state index is -0.549. The Morgan fingerprint density at radius 2 is 2.14 bits per heavy atom. The predicted octanol–water partition coefficient (Wildman–Crippen LogP) is 2.00. The number of nitrogens with zero attached hydrogens (tertiary/aromatic N) is 2. The molecule has 0 aliphatic carbocycles. The standard InChI is InChI=1S/C14H20N4O3/c1-9-5-6-17(8-10(9)2)14(19)11-3-4-12(16-15)13(7-11)18(20)21/h3-4,7,9-10,16H,5-6,8,15H2,1-2H3. The molecular weight excluding hydrogens is 272 g/mol. The number of nitrogens with two attached hydrogens (primary N) is 1. The summed E-state index contributed by atoms with van der Waals surface area (Å²) in [6.07, 6.45) is 0.956. The quantitative estimate of drug-likeness (QED) is 0.504. The van der Waals surface area contributed by atoms with Gasteiger partial charge in [0.05, 0.1) is 4.92 Å². The van der Waals surface area contributed by atoms with Crippen LogP contribution in [0, 0.1) is 22.0 Å². The van der Waals surface area contributed by atoms with Crippen LogP contribution < -0.4 is 11.3 Å². The summed E-state index contributed by atoms with van der Waals surface area (Å²) in [6, 6.07) is 4.30. The Morgan fingerprint density at radius 3 is 2.71 bits per heavy atom. The average molecular weight is 292 g/mol. The number of benzene rings is 1. The van der Waals surface area contributed by atoms with Crippen molar-refractivity contribution in [2.24, 2.45) is 17.7 Å². The van der Waals surface area contributed by atoms with Crippen molar-refractivity contribution in [3.05, 3.63) is 33.9 Å². The third-order valence-electron chi connectivity index (χ3n) is 4.22. The summed E-state index contributed by atoms with van der Waals surface area (Å²) >= 11 is 0. The molecule has 0 saturated carbocycles. The maximum absolute atomic E-state index is 12.5. The van der Waals surface area contributed by atoms with Crippen molar-refractivity contribution in [1.29, 1.82) is 0 Å². The highest BCUT2D eigenvalue weighted by molar-refractivity contribution is 5.95. The van der Waals surface area contributed by atoms with E-state index >= 15 is 0 Å². The number of hydrogen-bond acceptors (Lipinski definition) is 5. The van der Waals surface area contributed by atoms with Gasteiger partial charge in [0.2, 0.25) is 0 Å². The van der Waals surface area contributed by atoms with Gasteiger partial charge in [0.1, 0.15) is 5.69 Å². The maximum Gasteiger partial charge on any atom is 0.294 e. The van der Waals surface area contributed by atoms with Crippen LogP contribution in [0.5, 0.6) is 0 Å². The van der Waals surface area contributed by atoms with Crippen LogP contribution in [0.4, 0.5) is 11.4 Å². The molecule has 1 amide bonds. The fourth-order valence-corrected chi connectivity index (χ4v) is 2.57. The van der Waals surface area contributed by atoms with E-state index in [1.54, 1.807) is 11.0 Å². The number of nitrogens with one attached hydrogen (secondary N) is 1. The van der Waals surface area contributed by atoms with Gasteiger partial charge in [-0.3, -0.25) is 20.8 Å². The Kier molecular flexibility index (Phi) is 4.42. The number of amides is 1. The maximum atomic E-state index is 12.5. The SMILES string of the molecule is CC1CCN(C(=O)c2ccc(NN)c([N+](=O)[O-])c2)CC1C. The molecule has 2 atom stereocenters. The van der Waals surface area contributed by atoms with E-state index in [0.29, 0.717) is 30.5 Å². The van der Waals surface area contributed by atoms with E-state index in [1.165, 1.54) is 12.1 Å². The fourth-order valence-electron chi connectivity index (χ4n) is 2.57. The molecule has 114 valence electrons. The smallest absolute Gasteiger partial charge is 0.294 e.